The average Bonchev–Trinajstić information content (AvgIpc) is 2.01. The van der Waals surface area contributed by atoms with Crippen molar-refractivity contribution in [1.29, 1.82) is 0 Å². The smallest absolute Gasteiger partial charge is 0.155 e. The molecule has 0 aromatic heterocycles. The van der Waals surface area contributed by atoms with Crippen molar-refractivity contribution in [2.24, 2.45) is 0 Å². The van der Waals surface area contributed by atoms with Crippen LogP contribution in [0.1, 0.15) is 0 Å². The minimum atomic E-state index is -0.600. The standard InChI is InChI=1S/C7H4Br2F2S/c1-12-7-3(8)2-4(10)5(9)6(7)11/h2H,1H3. The Morgan fingerprint density at radius 3 is 2.42 bits per heavy atom. The lowest BCUT2D eigenvalue weighted by Crippen LogP contribution is -1.89. The van der Waals surface area contributed by atoms with E-state index in [0.717, 1.165) is 0 Å². The van der Waals surface area contributed by atoms with Crippen LogP contribution < -0.4 is 0 Å². The summed E-state index contributed by atoms with van der Waals surface area (Å²) in [7, 11) is 0. The predicted molar refractivity (Wildman–Crippen MR) is 53.5 cm³/mol. The second kappa shape index (κ2) is 4.07. The van der Waals surface area contributed by atoms with Crippen molar-refractivity contribution in [2.75, 3.05) is 6.26 Å². The van der Waals surface area contributed by atoms with Crippen molar-refractivity contribution < 1.29 is 8.78 Å². The van der Waals surface area contributed by atoms with E-state index in [-0.39, 0.29) is 4.47 Å². The molecule has 1 aromatic rings. The van der Waals surface area contributed by atoms with Crippen LogP contribution in [0.3, 0.4) is 0 Å². The van der Waals surface area contributed by atoms with Gasteiger partial charge in [0, 0.05) is 4.47 Å². The van der Waals surface area contributed by atoms with E-state index >= 15 is 0 Å². The first-order valence-electron chi connectivity index (χ1n) is 2.95. The largest absolute Gasteiger partial charge is 0.206 e. The minimum Gasteiger partial charge on any atom is -0.206 e. The number of benzene rings is 1. The van der Waals surface area contributed by atoms with Crippen molar-refractivity contribution in [3.8, 4) is 0 Å². The van der Waals surface area contributed by atoms with E-state index < -0.39 is 11.6 Å². The third-order valence-corrected chi connectivity index (χ3v) is 3.70. The normalized spacial score (nSPS) is 10.4. The predicted octanol–water partition coefficient (Wildman–Crippen LogP) is 4.21. The molecule has 0 saturated carbocycles. The third kappa shape index (κ3) is 1.83. The monoisotopic (exact) mass is 316 g/mol. The molecule has 0 atom stereocenters. The Kier molecular flexibility index (Phi) is 3.55. The Hall–Kier alpha value is 0.390. The molecule has 0 fully saturated rings. The molecule has 0 amide bonds. The maximum Gasteiger partial charge on any atom is 0.155 e. The van der Waals surface area contributed by atoms with Gasteiger partial charge in [-0.2, -0.15) is 0 Å². The number of hydrogen-bond donors (Lipinski definition) is 0. The maximum absolute atomic E-state index is 13.2. The molecule has 0 aliphatic rings. The van der Waals surface area contributed by atoms with Gasteiger partial charge >= 0.3 is 0 Å². The fraction of sp³-hybridized carbons (Fsp3) is 0.143. The molecule has 0 bridgehead atoms. The van der Waals surface area contributed by atoms with Crippen LogP contribution in [0.4, 0.5) is 8.78 Å². The highest BCUT2D eigenvalue weighted by Crippen LogP contribution is 2.34. The maximum atomic E-state index is 13.2. The quantitative estimate of drug-likeness (QED) is 0.425. The van der Waals surface area contributed by atoms with E-state index in [2.05, 4.69) is 31.9 Å². The molecule has 1 rings (SSSR count). The Balaban J connectivity index is 3.40. The van der Waals surface area contributed by atoms with Gasteiger partial charge in [0.1, 0.15) is 5.82 Å². The number of hydrogen-bond acceptors (Lipinski definition) is 1. The average molecular weight is 318 g/mol. The van der Waals surface area contributed by atoms with Gasteiger partial charge in [-0.3, -0.25) is 0 Å². The van der Waals surface area contributed by atoms with Crippen LogP contribution in [0.25, 0.3) is 0 Å². The van der Waals surface area contributed by atoms with Crippen LogP contribution in [0.15, 0.2) is 19.9 Å². The highest BCUT2D eigenvalue weighted by molar-refractivity contribution is 9.11. The third-order valence-electron chi connectivity index (χ3n) is 1.28. The fourth-order valence-electron chi connectivity index (χ4n) is 0.737. The highest BCUT2D eigenvalue weighted by Gasteiger charge is 2.14. The summed E-state index contributed by atoms with van der Waals surface area (Å²) in [6.07, 6.45) is 1.73. The molecule has 0 saturated heterocycles. The van der Waals surface area contributed by atoms with Gasteiger partial charge in [-0.15, -0.1) is 11.8 Å². The summed E-state index contributed by atoms with van der Waals surface area (Å²) in [5.41, 5.74) is 0. The molecule has 5 heteroatoms. The van der Waals surface area contributed by atoms with E-state index in [1.165, 1.54) is 17.8 Å². The van der Waals surface area contributed by atoms with E-state index in [9.17, 15) is 8.78 Å². The topological polar surface area (TPSA) is 0 Å². The summed E-state index contributed by atoms with van der Waals surface area (Å²) < 4.78 is 26.3. The lowest BCUT2D eigenvalue weighted by atomic mass is 10.3. The van der Waals surface area contributed by atoms with Gasteiger partial charge in [0.05, 0.1) is 9.37 Å². The number of thioether (sulfide) groups is 1. The Bertz CT molecular complexity index is 315. The summed E-state index contributed by atoms with van der Waals surface area (Å²) in [5.74, 6) is -1.16. The Morgan fingerprint density at radius 1 is 1.33 bits per heavy atom. The first-order chi connectivity index (χ1) is 5.57. The molecular weight excluding hydrogens is 314 g/mol. The first kappa shape index (κ1) is 10.5. The van der Waals surface area contributed by atoms with Crippen molar-refractivity contribution in [1.82, 2.24) is 0 Å². The summed E-state index contributed by atoms with van der Waals surface area (Å²) in [6.45, 7) is 0. The zero-order chi connectivity index (χ0) is 9.30. The van der Waals surface area contributed by atoms with Gasteiger partial charge in [-0.1, -0.05) is 0 Å². The van der Waals surface area contributed by atoms with Gasteiger partial charge in [-0.05, 0) is 44.2 Å². The lowest BCUT2D eigenvalue weighted by molar-refractivity contribution is 0.552. The van der Waals surface area contributed by atoms with Gasteiger partial charge < -0.3 is 0 Å². The summed E-state index contributed by atoms with van der Waals surface area (Å²) in [5, 5.41) is 0. The summed E-state index contributed by atoms with van der Waals surface area (Å²) >= 11 is 7.12. The zero-order valence-corrected chi connectivity index (χ0v) is 9.99. The molecule has 66 valence electrons. The molecule has 0 unspecified atom stereocenters. The van der Waals surface area contributed by atoms with E-state index in [1.807, 2.05) is 0 Å². The van der Waals surface area contributed by atoms with Crippen molar-refractivity contribution in [3.63, 3.8) is 0 Å². The molecular formula is C7H4Br2F2S. The van der Waals surface area contributed by atoms with Gasteiger partial charge in [0.15, 0.2) is 5.82 Å². The van der Waals surface area contributed by atoms with E-state index in [1.54, 1.807) is 6.26 Å². The molecule has 0 aliphatic heterocycles. The molecule has 0 spiro atoms. The SMILES string of the molecule is CSc1c(Br)cc(F)c(Br)c1F. The molecule has 1 aromatic carbocycles. The van der Waals surface area contributed by atoms with Crippen molar-refractivity contribution in [2.45, 2.75) is 4.90 Å². The van der Waals surface area contributed by atoms with Crippen LogP contribution in [0.2, 0.25) is 0 Å². The zero-order valence-electron chi connectivity index (χ0n) is 6.00. The lowest BCUT2D eigenvalue weighted by Gasteiger charge is -2.04. The molecule has 0 heterocycles. The van der Waals surface area contributed by atoms with Gasteiger partial charge in [-0.25, -0.2) is 8.78 Å². The van der Waals surface area contributed by atoms with Gasteiger partial charge in [0.2, 0.25) is 0 Å². The van der Waals surface area contributed by atoms with Crippen LogP contribution in [-0.2, 0) is 0 Å². The van der Waals surface area contributed by atoms with Crippen LogP contribution in [-0.4, -0.2) is 6.26 Å². The minimum absolute atomic E-state index is 0.116. The Morgan fingerprint density at radius 2 is 1.92 bits per heavy atom. The molecule has 12 heavy (non-hydrogen) atoms. The number of halogens is 4. The van der Waals surface area contributed by atoms with Crippen molar-refractivity contribution in [3.05, 3.63) is 26.6 Å². The molecule has 0 radical (unpaired) electrons. The molecule has 0 N–H and O–H groups in total. The fourth-order valence-corrected chi connectivity index (χ4v) is 2.58. The Labute approximate surface area is 90.0 Å². The second-order valence-electron chi connectivity index (χ2n) is 2.00. The van der Waals surface area contributed by atoms with Crippen LogP contribution >= 0.6 is 43.6 Å². The van der Waals surface area contributed by atoms with Gasteiger partial charge in [0.25, 0.3) is 0 Å². The summed E-state index contributed by atoms with van der Waals surface area (Å²) in [6, 6.07) is 1.24. The highest BCUT2D eigenvalue weighted by atomic mass is 79.9. The van der Waals surface area contributed by atoms with E-state index in [0.29, 0.717) is 9.37 Å². The van der Waals surface area contributed by atoms with E-state index in [4.69, 9.17) is 0 Å². The summed E-state index contributed by atoms with van der Waals surface area (Å²) in [4.78, 5) is 0.406. The van der Waals surface area contributed by atoms with Crippen LogP contribution in [0, 0.1) is 11.6 Å². The molecule has 0 aliphatic carbocycles. The second-order valence-corrected chi connectivity index (χ2v) is 4.47. The van der Waals surface area contributed by atoms with Crippen LogP contribution in [0.5, 0.6) is 0 Å². The first-order valence-corrected chi connectivity index (χ1v) is 5.76. The number of rotatable bonds is 1. The molecule has 0 nitrogen and oxygen atoms in total. The van der Waals surface area contributed by atoms with Crippen molar-refractivity contribution >= 4 is 43.6 Å².